The van der Waals surface area contributed by atoms with Crippen molar-refractivity contribution in [3.8, 4) is 0 Å². The summed E-state index contributed by atoms with van der Waals surface area (Å²) in [6.45, 7) is 18.8. The minimum Gasteiger partial charge on any atom is -0.385 e. The third-order valence-corrected chi connectivity index (χ3v) is 7.87. The van der Waals surface area contributed by atoms with E-state index in [9.17, 15) is 14.7 Å². The number of aliphatic imine (C=N–C) groups is 1. The summed E-state index contributed by atoms with van der Waals surface area (Å²) < 4.78 is 5.22. The number of piperidine rings is 1. The van der Waals surface area contributed by atoms with Crippen LogP contribution in [-0.2, 0) is 14.3 Å². The van der Waals surface area contributed by atoms with E-state index in [1.54, 1.807) is 18.9 Å². The van der Waals surface area contributed by atoms with Crippen LogP contribution in [0.25, 0.3) is 0 Å². The summed E-state index contributed by atoms with van der Waals surface area (Å²) in [5, 5.41) is 22.4. The second-order valence-corrected chi connectivity index (χ2v) is 13.3. The van der Waals surface area contributed by atoms with Gasteiger partial charge in [0.05, 0.1) is 18.0 Å². The molecular weight excluding hydrogens is 522 g/mol. The molecule has 5 atom stereocenters. The number of carbonyl (C=O) groups is 2. The van der Waals surface area contributed by atoms with Gasteiger partial charge < -0.3 is 35.6 Å². The zero-order valence-electron chi connectivity index (χ0n) is 27.0. The number of methoxy groups -OCH3 is 1. The second kappa shape index (κ2) is 17.5. The predicted octanol–water partition coefficient (Wildman–Crippen LogP) is 0.836. The van der Waals surface area contributed by atoms with E-state index in [4.69, 9.17) is 9.73 Å². The van der Waals surface area contributed by atoms with Crippen LogP contribution in [0.1, 0.15) is 54.4 Å². The molecule has 2 aliphatic rings. The first-order chi connectivity index (χ1) is 19.4. The molecule has 0 bridgehead atoms. The van der Waals surface area contributed by atoms with Crippen molar-refractivity contribution in [2.45, 2.75) is 72.8 Å². The molecule has 4 N–H and O–H groups in total. The lowest BCUT2D eigenvalue weighted by molar-refractivity contribution is -0.143. The number of rotatable bonds is 15. The van der Waals surface area contributed by atoms with E-state index in [1.807, 2.05) is 18.2 Å². The number of hydrogen-bond donors (Lipinski definition) is 4. The van der Waals surface area contributed by atoms with E-state index in [-0.39, 0.29) is 41.3 Å². The van der Waals surface area contributed by atoms with Crippen LogP contribution < -0.4 is 16.0 Å². The van der Waals surface area contributed by atoms with Crippen LogP contribution in [0.3, 0.4) is 0 Å². The van der Waals surface area contributed by atoms with Crippen molar-refractivity contribution in [2.24, 2.45) is 28.2 Å². The molecule has 238 valence electrons. The lowest BCUT2D eigenvalue weighted by atomic mass is 9.91. The normalized spacial score (nSPS) is 22.9. The highest BCUT2D eigenvalue weighted by molar-refractivity contribution is 5.80. The molecule has 41 heavy (non-hydrogen) atoms. The standard InChI is InChI=1S/C30H59N7O4/c1-22(2)20-37(25-16-24(17-32-18-25)28(39)36-13-11-35(12-14-36)23(3)38)29(40)26(19-33-21-30(4,5)6)27(31-7)34-10-9-15-41-8/h19,22,24-27,29,31-32,34,40H,9-18,20-21H2,1-8H3/t24-,25+,26?,27?,29?/m1/s1. The maximum Gasteiger partial charge on any atom is 0.227 e. The lowest BCUT2D eigenvalue weighted by Crippen LogP contribution is -2.61. The van der Waals surface area contributed by atoms with Crippen LogP contribution in [0.15, 0.2) is 4.99 Å². The third kappa shape index (κ3) is 11.9. The lowest BCUT2D eigenvalue weighted by Gasteiger charge is -2.45. The molecule has 2 heterocycles. The molecular formula is C30H59N7O4. The van der Waals surface area contributed by atoms with Crippen LogP contribution in [0.4, 0.5) is 0 Å². The average Bonchev–Trinajstić information content (AvgIpc) is 2.93. The molecule has 2 aliphatic heterocycles. The van der Waals surface area contributed by atoms with Crippen LogP contribution in [0.2, 0.25) is 0 Å². The highest BCUT2D eigenvalue weighted by Crippen LogP contribution is 2.25. The number of carbonyl (C=O) groups excluding carboxylic acids is 2. The average molecular weight is 582 g/mol. The number of aliphatic hydroxyl groups is 1. The van der Waals surface area contributed by atoms with Gasteiger partial charge in [0.25, 0.3) is 0 Å². The molecule has 11 heteroatoms. The van der Waals surface area contributed by atoms with Crippen LogP contribution in [0.5, 0.6) is 0 Å². The van der Waals surface area contributed by atoms with Gasteiger partial charge >= 0.3 is 0 Å². The number of aliphatic hydroxyl groups excluding tert-OH is 1. The van der Waals surface area contributed by atoms with Gasteiger partial charge in [-0.1, -0.05) is 34.6 Å². The third-order valence-electron chi connectivity index (χ3n) is 7.87. The maximum absolute atomic E-state index is 13.5. The highest BCUT2D eigenvalue weighted by Gasteiger charge is 2.39. The highest BCUT2D eigenvalue weighted by atomic mass is 16.5. The molecule has 3 unspecified atom stereocenters. The fourth-order valence-corrected chi connectivity index (χ4v) is 5.66. The molecule has 2 saturated heterocycles. The Bertz CT molecular complexity index is 811. The topological polar surface area (TPSA) is 122 Å². The van der Waals surface area contributed by atoms with Crippen molar-refractivity contribution in [1.82, 2.24) is 30.7 Å². The number of hydrogen-bond acceptors (Lipinski definition) is 9. The Morgan fingerprint density at radius 1 is 1.17 bits per heavy atom. The molecule has 2 amide bonds. The summed E-state index contributed by atoms with van der Waals surface area (Å²) in [5.74, 6) is 0.0541. The van der Waals surface area contributed by atoms with E-state index >= 15 is 0 Å². The quantitative estimate of drug-likeness (QED) is 0.128. The second-order valence-electron chi connectivity index (χ2n) is 13.3. The molecule has 11 nitrogen and oxygen atoms in total. The molecule has 2 rings (SSSR count). The van der Waals surface area contributed by atoms with Gasteiger partial charge in [0.1, 0.15) is 6.23 Å². The molecule has 0 aliphatic carbocycles. The van der Waals surface area contributed by atoms with Crippen molar-refractivity contribution in [3.05, 3.63) is 0 Å². The fraction of sp³-hybridized carbons (Fsp3) is 0.900. The van der Waals surface area contributed by atoms with Crippen molar-refractivity contribution in [2.75, 3.05) is 79.7 Å². The summed E-state index contributed by atoms with van der Waals surface area (Å²) in [7, 11) is 3.61. The summed E-state index contributed by atoms with van der Waals surface area (Å²) in [5.41, 5.74) is 0.0431. The predicted molar refractivity (Wildman–Crippen MR) is 165 cm³/mol. The first-order valence-corrected chi connectivity index (χ1v) is 15.5. The fourth-order valence-electron chi connectivity index (χ4n) is 5.66. The number of piperazine rings is 1. The van der Waals surface area contributed by atoms with Gasteiger partial charge in [0.2, 0.25) is 11.8 Å². The summed E-state index contributed by atoms with van der Waals surface area (Å²) in [4.78, 5) is 35.9. The van der Waals surface area contributed by atoms with E-state index < -0.39 is 6.23 Å². The Kier molecular flexibility index (Phi) is 15.2. The SMILES string of the molecule is CNC(NCCCOC)C(C=NCC(C)(C)C)C(O)N(CC(C)C)[C@@H]1CNC[C@H](C(=O)N2CCN(C(C)=O)CC2)C1. The minimum absolute atomic E-state index is 0.00174. The minimum atomic E-state index is -0.798. The molecule has 0 radical (unpaired) electrons. The number of nitrogens with one attached hydrogen (secondary N) is 3. The van der Waals surface area contributed by atoms with E-state index in [0.717, 1.165) is 13.0 Å². The van der Waals surface area contributed by atoms with E-state index in [0.29, 0.717) is 71.3 Å². The Morgan fingerprint density at radius 3 is 2.39 bits per heavy atom. The summed E-state index contributed by atoms with van der Waals surface area (Å²) >= 11 is 0. The Labute approximate surface area is 248 Å². The monoisotopic (exact) mass is 581 g/mol. The number of nitrogens with zero attached hydrogens (tertiary/aromatic N) is 4. The zero-order valence-corrected chi connectivity index (χ0v) is 27.0. The molecule has 0 aromatic heterocycles. The smallest absolute Gasteiger partial charge is 0.227 e. The Hall–Kier alpha value is -1.63. The van der Waals surface area contributed by atoms with Gasteiger partial charge in [0, 0.05) is 85.3 Å². The molecule has 0 saturated carbocycles. The van der Waals surface area contributed by atoms with Gasteiger partial charge in [-0.3, -0.25) is 19.5 Å². The first-order valence-electron chi connectivity index (χ1n) is 15.5. The number of amides is 2. The van der Waals surface area contributed by atoms with Gasteiger partial charge in [0.15, 0.2) is 0 Å². The van der Waals surface area contributed by atoms with Crippen molar-refractivity contribution in [1.29, 1.82) is 0 Å². The largest absolute Gasteiger partial charge is 0.385 e. The maximum atomic E-state index is 13.5. The van der Waals surface area contributed by atoms with Gasteiger partial charge in [-0.05, 0) is 37.8 Å². The summed E-state index contributed by atoms with van der Waals surface area (Å²) in [6.07, 6.45) is 2.48. The Morgan fingerprint density at radius 2 is 1.83 bits per heavy atom. The van der Waals surface area contributed by atoms with Crippen LogP contribution in [-0.4, -0.2) is 136 Å². The van der Waals surface area contributed by atoms with Crippen molar-refractivity contribution in [3.63, 3.8) is 0 Å². The number of ether oxygens (including phenoxy) is 1. The Balaban J connectivity index is 2.22. The zero-order chi connectivity index (χ0) is 30.6. The van der Waals surface area contributed by atoms with Crippen LogP contribution in [0, 0.1) is 23.2 Å². The van der Waals surface area contributed by atoms with E-state index in [1.165, 1.54) is 0 Å². The first kappa shape index (κ1) is 35.6. The van der Waals surface area contributed by atoms with Crippen molar-refractivity contribution < 1.29 is 19.4 Å². The van der Waals surface area contributed by atoms with Crippen LogP contribution >= 0.6 is 0 Å². The molecule has 0 aromatic carbocycles. The summed E-state index contributed by atoms with van der Waals surface area (Å²) in [6, 6.07) is -0.00174. The van der Waals surface area contributed by atoms with Gasteiger partial charge in [-0.15, -0.1) is 0 Å². The van der Waals surface area contributed by atoms with E-state index in [2.05, 4.69) is 55.5 Å². The van der Waals surface area contributed by atoms with Gasteiger partial charge in [-0.25, -0.2) is 0 Å². The molecule has 2 fully saturated rings. The molecule has 0 spiro atoms. The van der Waals surface area contributed by atoms with Crippen molar-refractivity contribution >= 4 is 18.0 Å². The molecule has 0 aromatic rings. The van der Waals surface area contributed by atoms with Gasteiger partial charge in [-0.2, -0.15) is 0 Å².